The molecule has 190 valence electrons. The number of rotatable bonds is 7. The van der Waals surface area contributed by atoms with Crippen molar-refractivity contribution in [3.8, 4) is 11.5 Å². The van der Waals surface area contributed by atoms with E-state index in [0.29, 0.717) is 38.8 Å². The summed E-state index contributed by atoms with van der Waals surface area (Å²) in [6.07, 6.45) is 2.34. The summed E-state index contributed by atoms with van der Waals surface area (Å²) in [4.78, 5) is 34.1. The molecule has 11 nitrogen and oxygen atoms in total. The molecule has 2 aliphatic rings. The number of hydrogen-bond acceptors (Lipinski definition) is 10. The number of ether oxygens (including phenoxy) is 2. The third kappa shape index (κ3) is 5.04. The molecule has 2 aromatic heterocycles. The van der Waals surface area contributed by atoms with E-state index in [-0.39, 0.29) is 23.6 Å². The van der Waals surface area contributed by atoms with Crippen LogP contribution in [-0.2, 0) is 11.4 Å². The summed E-state index contributed by atoms with van der Waals surface area (Å²) in [5.74, 6) is 0.755. The molecule has 0 saturated carbocycles. The van der Waals surface area contributed by atoms with Crippen molar-refractivity contribution < 1.29 is 14.3 Å². The smallest absolute Gasteiger partial charge is 0.283 e. The number of hydrogen-bond donors (Lipinski definition) is 1. The van der Waals surface area contributed by atoms with Gasteiger partial charge in [0.05, 0.1) is 18.4 Å². The molecule has 2 aliphatic heterocycles. The Morgan fingerprint density at radius 3 is 2.76 bits per heavy atom. The van der Waals surface area contributed by atoms with Crippen LogP contribution < -0.4 is 15.0 Å². The molecule has 0 bridgehead atoms. The highest BCUT2D eigenvalue weighted by molar-refractivity contribution is 8.26. The maximum Gasteiger partial charge on any atom is 0.283 e. The minimum atomic E-state index is -0.491. The van der Waals surface area contributed by atoms with Gasteiger partial charge in [0.25, 0.3) is 11.5 Å². The summed E-state index contributed by atoms with van der Waals surface area (Å²) in [5.41, 5.74) is 0.960. The largest absolute Gasteiger partial charge is 0.493 e. The predicted molar refractivity (Wildman–Crippen MR) is 144 cm³/mol. The molecular weight excluding hydrogens is 514 g/mol. The number of amides is 1. The SMILES string of the molecule is COc1cc(/C=C2/C(=N)N3N=C(CC(C)C)SC3=NC2=O)ccc1OCc1cc(=O)n2nc(C)sc2n1. The van der Waals surface area contributed by atoms with Gasteiger partial charge in [0, 0.05) is 12.5 Å². The molecule has 0 fully saturated rings. The normalized spacial score (nSPS) is 16.5. The number of hydrazone groups is 1. The highest BCUT2D eigenvalue weighted by Gasteiger charge is 2.35. The molecule has 0 saturated heterocycles. The van der Waals surface area contributed by atoms with E-state index in [9.17, 15) is 9.59 Å². The lowest BCUT2D eigenvalue weighted by atomic mass is 10.1. The van der Waals surface area contributed by atoms with Gasteiger partial charge in [-0.2, -0.15) is 24.7 Å². The van der Waals surface area contributed by atoms with E-state index in [0.717, 1.165) is 16.5 Å². The molecule has 4 heterocycles. The molecular formula is C24H23N7O4S2. The summed E-state index contributed by atoms with van der Waals surface area (Å²) in [6.45, 7) is 6.04. The number of nitrogens with one attached hydrogen (secondary N) is 1. The Labute approximate surface area is 220 Å². The molecule has 0 radical (unpaired) electrons. The molecule has 0 unspecified atom stereocenters. The number of carbonyl (C=O) groups excluding carboxylic acids is 1. The number of amidine groups is 2. The first-order valence-corrected chi connectivity index (χ1v) is 13.0. The first kappa shape index (κ1) is 24.8. The van der Waals surface area contributed by atoms with E-state index < -0.39 is 5.91 Å². The Balaban J connectivity index is 1.36. The van der Waals surface area contributed by atoms with E-state index in [2.05, 4.69) is 34.0 Å². The van der Waals surface area contributed by atoms with Gasteiger partial charge in [-0.05, 0) is 48.4 Å². The van der Waals surface area contributed by atoms with Gasteiger partial charge in [0.2, 0.25) is 10.1 Å². The third-order valence-corrected chi connectivity index (χ3v) is 7.11. The second kappa shape index (κ2) is 9.90. The number of nitrogens with zero attached hydrogens (tertiary/aromatic N) is 6. The number of methoxy groups -OCH3 is 1. The summed E-state index contributed by atoms with van der Waals surface area (Å²) in [6, 6.07) is 6.53. The van der Waals surface area contributed by atoms with Crippen molar-refractivity contribution in [2.45, 2.75) is 33.8 Å². The zero-order valence-electron chi connectivity index (χ0n) is 20.5. The molecule has 5 rings (SSSR count). The van der Waals surface area contributed by atoms with Gasteiger partial charge in [-0.15, -0.1) is 0 Å². The van der Waals surface area contributed by atoms with Gasteiger partial charge in [-0.1, -0.05) is 31.3 Å². The van der Waals surface area contributed by atoms with Crippen molar-refractivity contribution >= 4 is 56.1 Å². The first-order chi connectivity index (χ1) is 17.7. The fourth-order valence-electron chi connectivity index (χ4n) is 3.70. The maximum atomic E-state index is 12.7. The topological polar surface area (TPSA) is 135 Å². The number of carbonyl (C=O) groups is 1. The Morgan fingerprint density at radius 2 is 2.00 bits per heavy atom. The highest BCUT2D eigenvalue weighted by Crippen LogP contribution is 2.33. The molecule has 0 atom stereocenters. The van der Waals surface area contributed by atoms with Gasteiger partial charge in [0.15, 0.2) is 17.3 Å². The average Bonchev–Trinajstić information content (AvgIpc) is 3.42. The van der Waals surface area contributed by atoms with E-state index >= 15 is 0 Å². The van der Waals surface area contributed by atoms with E-state index in [1.54, 1.807) is 24.3 Å². The van der Waals surface area contributed by atoms with E-state index in [1.165, 1.54) is 45.8 Å². The van der Waals surface area contributed by atoms with Crippen molar-refractivity contribution in [2.24, 2.45) is 16.0 Å². The fraction of sp³-hybridized carbons (Fsp3) is 0.292. The number of benzene rings is 1. The van der Waals surface area contributed by atoms with Crippen molar-refractivity contribution in [3.05, 3.63) is 56.5 Å². The molecule has 1 N–H and O–H groups in total. The molecule has 1 aromatic carbocycles. The van der Waals surface area contributed by atoms with Crippen LogP contribution in [0.4, 0.5) is 0 Å². The summed E-state index contributed by atoms with van der Waals surface area (Å²) >= 11 is 2.65. The lowest BCUT2D eigenvalue weighted by Gasteiger charge is -2.20. The van der Waals surface area contributed by atoms with Gasteiger partial charge >= 0.3 is 0 Å². The first-order valence-electron chi connectivity index (χ1n) is 11.4. The van der Waals surface area contributed by atoms with Crippen LogP contribution >= 0.6 is 23.1 Å². The Hall–Kier alpha value is -3.84. The lowest BCUT2D eigenvalue weighted by Crippen LogP contribution is -2.35. The Bertz CT molecular complexity index is 1590. The molecule has 3 aromatic rings. The van der Waals surface area contributed by atoms with Gasteiger partial charge in [0.1, 0.15) is 16.7 Å². The zero-order valence-corrected chi connectivity index (χ0v) is 22.1. The van der Waals surface area contributed by atoms with Crippen LogP contribution in [0.1, 0.15) is 36.5 Å². The third-order valence-electron chi connectivity index (χ3n) is 5.35. The molecule has 0 spiro atoms. The monoisotopic (exact) mass is 537 g/mol. The van der Waals surface area contributed by atoms with Crippen LogP contribution in [0.5, 0.6) is 11.5 Å². The molecule has 37 heavy (non-hydrogen) atoms. The fourth-order valence-corrected chi connectivity index (χ4v) is 5.56. The minimum Gasteiger partial charge on any atom is -0.493 e. The second-order valence-electron chi connectivity index (χ2n) is 8.71. The number of aliphatic imine (C=N–C) groups is 1. The van der Waals surface area contributed by atoms with Crippen LogP contribution in [0.2, 0.25) is 0 Å². The second-order valence-corrected chi connectivity index (χ2v) is 10.9. The molecule has 1 amide bonds. The van der Waals surface area contributed by atoms with Gasteiger partial charge in [-0.25, -0.2) is 4.98 Å². The van der Waals surface area contributed by atoms with Crippen LogP contribution in [0.25, 0.3) is 11.0 Å². The minimum absolute atomic E-state index is 0.0217. The Kier molecular flexibility index (Phi) is 6.65. The van der Waals surface area contributed by atoms with Crippen LogP contribution in [0.15, 0.2) is 44.7 Å². The van der Waals surface area contributed by atoms with Crippen LogP contribution in [-0.4, -0.2) is 48.7 Å². The van der Waals surface area contributed by atoms with Crippen molar-refractivity contribution in [1.82, 2.24) is 19.6 Å². The summed E-state index contributed by atoms with van der Waals surface area (Å²) in [7, 11) is 1.51. The average molecular weight is 538 g/mol. The lowest BCUT2D eigenvalue weighted by molar-refractivity contribution is -0.114. The van der Waals surface area contributed by atoms with E-state index in [4.69, 9.17) is 14.9 Å². The molecule has 0 aliphatic carbocycles. The number of thioether (sulfide) groups is 1. The summed E-state index contributed by atoms with van der Waals surface area (Å²) < 4.78 is 12.6. The Morgan fingerprint density at radius 1 is 1.19 bits per heavy atom. The van der Waals surface area contributed by atoms with Crippen LogP contribution in [0, 0.1) is 18.3 Å². The van der Waals surface area contributed by atoms with Gasteiger partial charge < -0.3 is 9.47 Å². The number of fused-ring (bicyclic) bond motifs is 2. The number of aromatic nitrogens is 3. The maximum absolute atomic E-state index is 12.7. The van der Waals surface area contributed by atoms with E-state index in [1.807, 2.05) is 6.92 Å². The zero-order chi connectivity index (χ0) is 26.3. The van der Waals surface area contributed by atoms with Gasteiger partial charge in [-0.3, -0.25) is 15.0 Å². The van der Waals surface area contributed by atoms with Crippen molar-refractivity contribution in [2.75, 3.05) is 7.11 Å². The number of aryl methyl sites for hydroxylation is 1. The quantitative estimate of drug-likeness (QED) is 0.451. The van der Waals surface area contributed by atoms with Crippen LogP contribution in [0.3, 0.4) is 0 Å². The predicted octanol–water partition coefficient (Wildman–Crippen LogP) is 3.71. The van der Waals surface area contributed by atoms with Crippen molar-refractivity contribution in [3.63, 3.8) is 0 Å². The van der Waals surface area contributed by atoms with Crippen molar-refractivity contribution in [1.29, 1.82) is 5.41 Å². The standard InChI is InChI=1S/C24H23N7O4S2/c1-12(2)7-19-29-31-21(25)16(22(33)27-24(31)37-19)8-14-5-6-17(18(9-14)34-4)35-11-15-10-20(32)30-23(26-15)36-13(3)28-30/h5-6,8-10,12,25H,7,11H2,1-4H3/b16-8-,25-21?. The molecule has 13 heteroatoms. The highest BCUT2D eigenvalue weighted by atomic mass is 32.2. The summed E-state index contributed by atoms with van der Waals surface area (Å²) in [5, 5.41) is 20.5.